The van der Waals surface area contributed by atoms with Crippen LogP contribution in [0.3, 0.4) is 0 Å². The zero-order valence-corrected chi connectivity index (χ0v) is 8.36. The van der Waals surface area contributed by atoms with Gasteiger partial charge < -0.3 is 16.4 Å². The summed E-state index contributed by atoms with van der Waals surface area (Å²) in [4.78, 5) is 32.5. The van der Waals surface area contributed by atoms with Crippen molar-refractivity contribution in [2.24, 2.45) is 11.7 Å². The molecule has 0 bridgehead atoms. The monoisotopic (exact) mass is 213 g/mol. The van der Waals surface area contributed by atoms with Crippen molar-refractivity contribution in [2.75, 3.05) is 6.54 Å². The van der Waals surface area contributed by atoms with Crippen LogP contribution >= 0.6 is 0 Å². The first kappa shape index (κ1) is 11.5. The van der Waals surface area contributed by atoms with Gasteiger partial charge in [0, 0.05) is 12.5 Å². The van der Waals surface area contributed by atoms with Crippen molar-refractivity contribution in [3.05, 3.63) is 0 Å². The minimum atomic E-state index is -0.753. The van der Waals surface area contributed by atoms with E-state index in [4.69, 9.17) is 5.73 Å². The molecule has 0 aliphatic carbocycles. The van der Waals surface area contributed by atoms with Crippen LogP contribution in [0.4, 0.5) is 0 Å². The Morgan fingerprint density at radius 3 is 3.00 bits per heavy atom. The molecule has 0 aromatic heterocycles. The van der Waals surface area contributed by atoms with Gasteiger partial charge in [-0.25, -0.2) is 0 Å². The molecule has 0 spiro atoms. The Bertz CT molecular complexity index is 267. The highest BCUT2D eigenvalue weighted by molar-refractivity contribution is 5.84. The summed E-state index contributed by atoms with van der Waals surface area (Å²) in [5.41, 5.74) is 5.09. The van der Waals surface area contributed by atoms with Crippen LogP contribution in [0.1, 0.15) is 19.3 Å². The van der Waals surface area contributed by atoms with Crippen LogP contribution in [-0.2, 0) is 14.4 Å². The van der Waals surface area contributed by atoms with E-state index < -0.39 is 11.9 Å². The number of piperidine rings is 1. The van der Waals surface area contributed by atoms with E-state index in [2.05, 4.69) is 10.6 Å². The Labute approximate surface area is 87.6 Å². The normalized spacial score (nSPS) is 22.7. The quantitative estimate of drug-likeness (QED) is 0.484. The maximum Gasteiger partial charge on any atom is 0.240 e. The third-order valence-corrected chi connectivity index (χ3v) is 2.53. The average Bonchev–Trinajstić information content (AvgIpc) is 2.20. The highest BCUT2D eigenvalue weighted by atomic mass is 16.2. The van der Waals surface area contributed by atoms with E-state index in [0.717, 1.165) is 12.8 Å². The Hall–Kier alpha value is -1.59. The van der Waals surface area contributed by atoms with Crippen LogP contribution in [0.15, 0.2) is 0 Å². The van der Waals surface area contributed by atoms with Crippen LogP contribution in [0.2, 0.25) is 0 Å². The van der Waals surface area contributed by atoms with Gasteiger partial charge in [-0.15, -0.1) is 0 Å². The van der Waals surface area contributed by atoms with Crippen LogP contribution in [-0.4, -0.2) is 30.8 Å². The van der Waals surface area contributed by atoms with E-state index in [1.165, 1.54) is 0 Å². The van der Waals surface area contributed by atoms with Crippen LogP contribution in [0, 0.1) is 5.92 Å². The fourth-order valence-electron chi connectivity index (χ4n) is 1.69. The molecule has 0 aromatic carbocycles. The third-order valence-electron chi connectivity index (χ3n) is 2.53. The number of amides is 3. The maximum atomic E-state index is 11.4. The van der Waals surface area contributed by atoms with E-state index >= 15 is 0 Å². The van der Waals surface area contributed by atoms with Crippen molar-refractivity contribution in [1.82, 2.24) is 10.6 Å². The number of nitrogens with two attached hydrogens (primary N) is 1. The molecule has 84 valence electrons. The van der Waals surface area contributed by atoms with Gasteiger partial charge in [-0.2, -0.15) is 0 Å². The predicted octanol–water partition coefficient (Wildman–Crippen LogP) is -1.50. The zero-order chi connectivity index (χ0) is 11.3. The Kier molecular flexibility index (Phi) is 4.08. The average molecular weight is 213 g/mol. The van der Waals surface area contributed by atoms with Gasteiger partial charge in [-0.3, -0.25) is 14.4 Å². The summed E-state index contributed by atoms with van der Waals surface area (Å²) in [6, 6.07) is -0.753. The molecule has 1 aliphatic rings. The Morgan fingerprint density at radius 1 is 1.73 bits per heavy atom. The summed E-state index contributed by atoms with van der Waals surface area (Å²) >= 11 is 0. The van der Waals surface area contributed by atoms with E-state index in [9.17, 15) is 14.4 Å². The number of hydrogen-bond donors (Lipinski definition) is 3. The molecule has 0 radical (unpaired) electrons. The smallest absolute Gasteiger partial charge is 0.240 e. The number of nitrogens with one attached hydrogen (secondary N) is 2. The van der Waals surface area contributed by atoms with Crippen LogP contribution in [0.5, 0.6) is 0 Å². The third kappa shape index (κ3) is 3.23. The minimum Gasteiger partial charge on any atom is -0.368 e. The summed E-state index contributed by atoms with van der Waals surface area (Å²) < 4.78 is 0. The molecular formula is C9H15N3O3. The summed E-state index contributed by atoms with van der Waals surface area (Å²) in [5.74, 6) is -0.913. The number of carbonyl (C=O) groups is 3. The standard InChI is InChI=1S/C9H15N3O3/c10-8(14)7(12-5-13)4-6-2-1-3-11-9(6)15/h5-7H,1-4H2,(H2,10,14)(H,11,15)(H,12,13). The SMILES string of the molecule is NC(=O)C(CC1CCCNC1=O)NC=O. The molecule has 6 nitrogen and oxygen atoms in total. The highest BCUT2D eigenvalue weighted by Crippen LogP contribution is 2.17. The summed E-state index contributed by atoms with van der Waals surface area (Å²) in [5, 5.41) is 5.03. The number of carbonyl (C=O) groups excluding carboxylic acids is 3. The van der Waals surface area contributed by atoms with Gasteiger partial charge in [0.15, 0.2) is 0 Å². The molecule has 0 saturated carbocycles. The molecule has 1 heterocycles. The van der Waals surface area contributed by atoms with Crippen LogP contribution in [0.25, 0.3) is 0 Å². The van der Waals surface area contributed by atoms with Crippen molar-refractivity contribution in [2.45, 2.75) is 25.3 Å². The van der Waals surface area contributed by atoms with Crippen molar-refractivity contribution in [3.8, 4) is 0 Å². The molecule has 1 aliphatic heterocycles. The van der Waals surface area contributed by atoms with E-state index in [1.54, 1.807) is 0 Å². The van der Waals surface area contributed by atoms with Crippen molar-refractivity contribution in [1.29, 1.82) is 0 Å². The molecule has 3 amide bonds. The largest absolute Gasteiger partial charge is 0.368 e. The van der Waals surface area contributed by atoms with E-state index in [0.29, 0.717) is 13.0 Å². The number of hydrogen-bond acceptors (Lipinski definition) is 3. The second kappa shape index (κ2) is 5.33. The summed E-state index contributed by atoms with van der Waals surface area (Å²) in [6.07, 6.45) is 2.33. The van der Waals surface area contributed by atoms with Gasteiger partial charge >= 0.3 is 0 Å². The molecule has 4 N–H and O–H groups in total. The molecule has 15 heavy (non-hydrogen) atoms. The summed E-state index contributed by atoms with van der Waals surface area (Å²) in [7, 11) is 0. The molecule has 1 fully saturated rings. The fraction of sp³-hybridized carbons (Fsp3) is 0.667. The fourth-order valence-corrected chi connectivity index (χ4v) is 1.69. The Morgan fingerprint density at radius 2 is 2.47 bits per heavy atom. The lowest BCUT2D eigenvalue weighted by Crippen LogP contribution is -2.45. The summed E-state index contributed by atoms with van der Waals surface area (Å²) in [6.45, 7) is 0.678. The van der Waals surface area contributed by atoms with Crippen molar-refractivity contribution in [3.63, 3.8) is 0 Å². The lowest BCUT2D eigenvalue weighted by Gasteiger charge is -2.24. The molecular weight excluding hydrogens is 198 g/mol. The highest BCUT2D eigenvalue weighted by Gasteiger charge is 2.27. The van der Waals surface area contributed by atoms with Gasteiger partial charge in [0.05, 0.1) is 0 Å². The second-order valence-corrected chi connectivity index (χ2v) is 3.61. The van der Waals surface area contributed by atoms with Gasteiger partial charge in [0.1, 0.15) is 6.04 Å². The Balaban J connectivity index is 2.52. The molecule has 0 aromatic rings. The van der Waals surface area contributed by atoms with Gasteiger partial charge in [-0.05, 0) is 19.3 Å². The lowest BCUT2D eigenvalue weighted by molar-refractivity contribution is -0.128. The van der Waals surface area contributed by atoms with Crippen LogP contribution < -0.4 is 16.4 Å². The van der Waals surface area contributed by atoms with E-state index in [-0.39, 0.29) is 18.2 Å². The van der Waals surface area contributed by atoms with E-state index in [1.807, 2.05) is 0 Å². The topological polar surface area (TPSA) is 101 Å². The number of rotatable bonds is 5. The lowest BCUT2D eigenvalue weighted by atomic mass is 9.91. The first-order valence-electron chi connectivity index (χ1n) is 4.92. The van der Waals surface area contributed by atoms with Gasteiger partial charge in [-0.1, -0.05) is 0 Å². The van der Waals surface area contributed by atoms with Gasteiger partial charge in [0.2, 0.25) is 18.2 Å². The zero-order valence-electron chi connectivity index (χ0n) is 8.36. The molecule has 1 rings (SSSR count). The predicted molar refractivity (Wildman–Crippen MR) is 52.5 cm³/mol. The molecule has 2 atom stereocenters. The first-order chi connectivity index (χ1) is 7.15. The maximum absolute atomic E-state index is 11.4. The van der Waals surface area contributed by atoms with Crippen molar-refractivity contribution >= 4 is 18.2 Å². The number of primary amides is 1. The van der Waals surface area contributed by atoms with Gasteiger partial charge in [0.25, 0.3) is 0 Å². The first-order valence-corrected chi connectivity index (χ1v) is 4.92. The minimum absolute atomic E-state index is 0.0693. The molecule has 6 heteroatoms. The second-order valence-electron chi connectivity index (χ2n) is 3.61. The molecule has 2 unspecified atom stereocenters. The molecule has 1 saturated heterocycles. The van der Waals surface area contributed by atoms with Crippen molar-refractivity contribution < 1.29 is 14.4 Å².